The molecule has 4 aromatic rings. The molecule has 0 saturated heterocycles. The summed E-state index contributed by atoms with van der Waals surface area (Å²) in [5.74, 6) is 0.288. The number of ether oxygens (including phenoxy) is 2. The summed E-state index contributed by atoms with van der Waals surface area (Å²) >= 11 is 7.57. The van der Waals surface area contributed by atoms with E-state index in [1.165, 1.54) is 37.5 Å². The van der Waals surface area contributed by atoms with Gasteiger partial charge in [-0.3, -0.25) is 0 Å². The monoisotopic (exact) mass is 548 g/mol. The highest BCUT2D eigenvalue weighted by atomic mass is 35.5. The van der Waals surface area contributed by atoms with Gasteiger partial charge >= 0.3 is 16.2 Å². The number of nitrogens with one attached hydrogen (secondary N) is 1. The van der Waals surface area contributed by atoms with Crippen molar-refractivity contribution in [1.82, 2.24) is 19.9 Å². The molecule has 0 aliphatic rings. The molecule has 0 radical (unpaired) electrons. The van der Waals surface area contributed by atoms with Crippen LogP contribution in [0.15, 0.2) is 70.7 Å². The van der Waals surface area contributed by atoms with Gasteiger partial charge in [-0.2, -0.15) is 8.42 Å². The van der Waals surface area contributed by atoms with Gasteiger partial charge in [0, 0.05) is 35.4 Å². The van der Waals surface area contributed by atoms with E-state index in [4.69, 9.17) is 25.5 Å². The Balaban J connectivity index is 1.56. The molecule has 0 amide bonds. The fraction of sp³-hybridized carbons (Fsp3) is 0.182. The predicted octanol–water partition coefficient (Wildman–Crippen LogP) is 4.15. The number of thioether (sulfide) groups is 1. The molecular weight excluding hydrogens is 528 g/mol. The summed E-state index contributed by atoms with van der Waals surface area (Å²) in [4.78, 5) is 17.5. The maximum atomic E-state index is 13.0. The maximum absolute atomic E-state index is 13.0. The first kappa shape index (κ1) is 25.5. The number of benzene rings is 1. The highest BCUT2D eigenvalue weighted by Gasteiger charge is 2.25. The van der Waals surface area contributed by atoms with Crippen molar-refractivity contribution in [2.45, 2.75) is 4.90 Å². The molecule has 11 nitrogen and oxygen atoms in total. The van der Waals surface area contributed by atoms with Crippen LogP contribution in [0.1, 0.15) is 0 Å². The van der Waals surface area contributed by atoms with Crippen LogP contribution in [0.4, 0.5) is 11.7 Å². The van der Waals surface area contributed by atoms with Crippen molar-refractivity contribution in [3.63, 3.8) is 0 Å². The highest BCUT2D eigenvalue weighted by Crippen LogP contribution is 2.35. The molecular formula is C22H21ClN6O5S2. The van der Waals surface area contributed by atoms with Gasteiger partial charge in [-0.1, -0.05) is 23.7 Å². The van der Waals surface area contributed by atoms with Crippen LogP contribution < -0.4 is 18.5 Å². The SMILES string of the molecule is CSc1cnc(OCCOc2ncnc(NS(=O)(=O)N(C)c3ccco3)c2-c2ccc(Cl)cc2)nc1. The number of nitrogens with zero attached hydrogens (tertiary/aromatic N) is 5. The molecule has 3 aromatic heterocycles. The van der Waals surface area contributed by atoms with Crippen LogP contribution in [0.25, 0.3) is 11.1 Å². The molecule has 14 heteroatoms. The van der Waals surface area contributed by atoms with E-state index < -0.39 is 10.2 Å². The number of hydrogen-bond donors (Lipinski definition) is 1. The highest BCUT2D eigenvalue weighted by molar-refractivity contribution is 7.98. The predicted molar refractivity (Wildman–Crippen MR) is 137 cm³/mol. The number of furan rings is 1. The summed E-state index contributed by atoms with van der Waals surface area (Å²) in [6.07, 6.45) is 7.83. The van der Waals surface area contributed by atoms with Crippen LogP contribution in [0.3, 0.4) is 0 Å². The molecule has 3 heterocycles. The number of halogens is 1. The van der Waals surface area contributed by atoms with Crippen LogP contribution in [-0.2, 0) is 10.2 Å². The van der Waals surface area contributed by atoms with E-state index in [1.54, 1.807) is 42.7 Å². The second-order valence-electron chi connectivity index (χ2n) is 7.04. The lowest BCUT2D eigenvalue weighted by Gasteiger charge is -2.19. The summed E-state index contributed by atoms with van der Waals surface area (Å²) in [7, 11) is -2.73. The smallest absolute Gasteiger partial charge is 0.327 e. The van der Waals surface area contributed by atoms with Crippen molar-refractivity contribution in [2.75, 3.05) is 35.5 Å². The van der Waals surface area contributed by atoms with E-state index in [2.05, 4.69) is 24.7 Å². The van der Waals surface area contributed by atoms with Gasteiger partial charge in [0.05, 0.1) is 11.8 Å². The van der Waals surface area contributed by atoms with Crippen molar-refractivity contribution in [3.8, 4) is 23.0 Å². The fourth-order valence-corrected chi connectivity index (χ4v) is 4.27. The van der Waals surface area contributed by atoms with Crippen molar-refractivity contribution in [2.24, 2.45) is 0 Å². The molecule has 0 unspecified atom stereocenters. The van der Waals surface area contributed by atoms with E-state index in [0.717, 1.165) is 9.20 Å². The first-order valence-corrected chi connectivity index (χ1v) is 13.4. The lowest BCUT2D eigenvalue weighted by atomic mass is 10.1. The van der Waals surface area contributed by atoms with Crippen molar-refractivity contribution < 1.29 is 22.3 Å². The topological polar surface area (TPSA) is 133 Å². The molecule has 0 atom stereocenters. The zero-order chi connectivity index (χ0) is 25.5. The van der Waals surface area contributed by atoms with E-state index in [-0.39, 0.29) is 36.8 Å². The van der Waals surface area contributed by atoms with Gasteiger partial charge in [0.15, 0.2) is 5.82 Å². The molecule has 0 spiro atoms. The Bertz CT molecular complexity index is 1390. The largest absolute Gasteiger partial charge is 0.473 e. The average molecular weight is 549 g/mol. The fourth-order valence-electron chi connectivity index (χ4n) is 2.95. The van der Waals surface area contributed by atoms with Crippen LogP contribution in [0, 0.1) is 0 Å². The molecule has 0 bridgehead atoms. The molecule has 1 aromatic carbocycles. The van der Waals surface area contributed by atoms with Crippen LogP contribution >= 0.6 is 23.4 Å². The molecule has 1 N–H and O–H groups in total. The third-order valence-electron chi connectivity index (χ3n) is 4.74. The summed E-state index contributed by atoms with van der Waals surface area (Å²) in [5.41, 5.74) is 0.913. The Morgan fingerprint density at radius 1 is 1.06 bits per heavy atom. The average Bonchev–Trinajstić information content (AvgIpc) is 3.42. The molecule has 188 valence electrons. The van der Waals surface area contributed by atoms with Crippen LogP contribution in [0.5, 0.6) is 11.9 Å². The lowest BCUT2D eigenvalue weighted by Crippen LogP contribution is -2.32. The van der Waals surface area contributed by atoms with E-state index in [9.17, 15) is 8.42 Å². The van der Waals surface area contributed by atoms with Gasteiger partial charge in [-0.05, 0) is 30.0 Å². The van der Waals surface area contributed by atoms with E-state index >= 15 is 0 Å². The minimum absolute atomic E-state index is 0.0117. The molecule has 4 rings (SSSR count). The molecule has 0 saturated carbocycles. The second kappa shape index (κ2) is 11.5. The van der Waals surface area contributed by atoms with Crippen LogP contribution in [-0.4, -0.2) is 54.9 Å². The number of hydrogen-bond acceptors (Lipinski definition) is 10. The summed E-state index contributed by atoms with van der Waals surface area (Å²) in [6.45, 7) is 0.217. The van der Waals surface area contributed by atoms with Gasteiger partial charge in [0.2, 0.25) is 11.8 Å². The Kier molecular flexibility index (Phi) is 8.13. The quantitative estimate of drug-likeness (QED) is 0.215. The maximum Gasteiger partial charge on any atom is 0.327 e. The Hall–Kier alpha value is -3.55. The first-order valence-electron chi connectivity index (χ1n) is 10.4. The minimum Gasteiger partial charge on any atom is -0.473 e. The van der Waals surface area contributed by atoms with Crippen molar-refractivity contribution in [1.29, 1.82) is 0 Å². The number of anilines is 2. The third-order valence-corrected chi connectivity index (χ3v) is 7.03. The first-order chi connectivity index (χ1) is 17.4. The van der Waals surface area contributed by atoms with Gasteiger partial charge in [-0.25, -0.2) is 29.0 Å². The Morgan fingerprint density at radius 3 is 2.44 bits per heavy atom. The zero-order valence-corrected chi connectivity index (χ0v) is 21.5. The molecule has 0 aliphatic heterocycles. The standard InChI is InChI=1S/C22H21ClN6O5S2/c1-29(18-4-3-9-32-18)36(30,31)28-20-19(15-5-7-16(23)8-6-15)21(27-14-26-20)33-10-11-34-22-24-12-17(35-2)13-25-22/h3-9,12-14H,10-11H2,1-2H3,(H,26,27,28). The van der Waals surface area contributed by atoms with E-state index in [0.29, 0.717) is 16.1 Å². The summed E-state index contributed by atoms with van der Waals surface area (Å²) in [6, 6.07) is 10.1. The number of rotatable bonds is 11. The van der Waals surface area contributed by atoms with E-state index in [1.807, 2.05) is 6.26 Å². The lowest BCUT2D eigenvalue weighted by molar-refractivity contribution is 0.201. The molecule has 0 aliphatic carbocycles. The van der Waals surface area contributed by atoms with Crippen LogP contribution in [0.2, 0.25) is 5.02 Å². The molecule has 0 fully saturated rings. The molecule has 36 heavy (non-hydrogen) atoms. The Labute approximate surface area is 217 Å². The van der Waals surface area contributed by atoms with Crippen molar-refractivity contribution >= 4 is 45.3 Å². The van der Waals surface area contributed by atoms with Gasteiger partial charge in [0.1, 0.15) is 19.5 Å². The number of aromatic nitrogens is 4. The van der Waals surface area contributed by atoms with Crippen molar-refractivity contribution in [3.05, 3.63) is 66.4 Å². The minimum atomic E-state index is -4.08. The summed E-state index contributed by atoms with van der Waals surface area (Å²) < 4.78 is 46.0. The van der Waals surface area contributed by atoms with Gasteiger partial charge in [-0.15, -0.1) is 11.8 Å². The van der Waals surface area contributed by atoms with Gasteiger partial charge in [0.25, 0.3) is 0 Å². The summed E-state index contributed by atoms with van der Waals surface area (Å²) in [5, 5.41) is 0.513. The third kappa shape index (κ3) is 6.17. The zero-order valence-electron chi connectivity index (χ0n) is 19.2. The second-order valence-corrected chi connectivity index (χ2v) is 10.1. The Morgan fingerprint density at radius 2 is 1.78 bits per heavy atom. The van der Waals surface area contributed by atoms with Gasteiger partial charge < -0.3 is 13.9 Å². The normalized spacial score (nSPS) is 11.2.